The average molecular weight is 446 g/mol. The Morgan fingerprint density at radius 3 is 2.72 bits per heavy atom. The molecule has 2 aromatic heterocycles. The molecule has 0 bridgehead atoms. The monoisotopic (exact) mass is 445 g/mol. The first-order chi connectivity index (χ1) is 15.7. The number of hydrogen-bond acceptors (Lipinski definition) is 6. The average Bonchev–Trinajstić information content (AvgIpc) is 3.37. The van der Waals surface area contributed by atoms with Crippen LogP contribution in [-0.4, -0.2) is 32.8 Å². The maximum atomic E-state index is 12.1. The Kier molecular flexibility index (Phi) is 6.34. The molecule has 164 valence electrons. The van der Waals surface area contributed by atoms with Gasteiger partial charge in [-0.1, -0.05) is 53.3 Å². The predicted molar refractivity (Wildman–Crippen MR) is 125 cm³/mol. The van der Waals surface area contributed by atoms with E-state index in [9.17, 15) is 4.79 Å². The van der Waals surface area contributed by atoms with Crippen molar-refractivity contribution in [2.45, 2.75) is 51.4 Å². The van der Waals surface area contributed by atoms with E-state index in [1.165, 1.54) is 40.9 Å². The van der Waals surface area contributed by atoms with Gasteiger partial charge in [0.05, 0.1) is 11.4 Å². The highest BCUT2D eigenvalue weighted by atomic mass is 32.1. The number of hydrogen-bond donors (Lipinski definition) is 1. The maximum Gasteiger partial charge on any atom is 0.282 e. The van der Waals surface area contributed by atoms with E-state index in [-0.39, 0.29) is 5.91 Å². The number of amides is 1. The van der Waals surface area contributed by atoms with Crippen LogP contribution in [0.1, 0.15) is 63.0 Å². The number of nitrogens with zero attached hydrogens (tertiary/aromatic N) is 4. The van der Waals surface area contributed by atoms with Crippen LogP contribution in [0.3, 0.4) is 0 Å². The number of aryl methyl sites for hydroxylation is 2. The summed E-state index contributed by atoms with van der Waals surface area (Å²) in [4.78, 5) is 12.1. The minimum Gasteiger partial charge on any atom is -0.350 e. The Balaban J connectivity index is 1.08. The van der Waals surface area contributed by atoms with Gasteiger partial charge in [0.25, 0.3) is 5.91 Å². The standard InChI is InChI=1S/C25H27N5OS/c31-24(26-16-18-10-11-18)25-30-29-23(32-25)9-5-4-8-21-15-20-13-19(14-22(20)28-27-21)12-17-6-2-1-3-7-17/h1-3,6-7,13,15,18H,4-5,8-12,14,16H2,(H,26,31). The van der Waals surface area contributed by atoms with E-state index in [0.717, 1.165) is 61.5 Å². The number of rotatable bonds is 10. The van der Waals surface area contributed by atoms with Crippen LogP contribution in [-0.2, 0) is 25.7 Å². The zero-order valence-electron chi connectivity index (χ0n) is 18.1. The van der Waals surface area contributed by atoms with E-state index in [4.69, 9.17) is 0 Å². The van der Waals surface area contributed by atoms with Crippen molar-refractivity contribution < 1.29 is 4.79 Å². The Morgan fingerprint density at radius 1 is 1.03 bits per heavy atom. The SMILES string of the molecule is O=C(NCC1CC1)c1nnc(CCCCc2cc3c(nn2)CC(Cc2ccccc2)=C3)s1. The lowest BCUT2D eigenvalue weighted by molar-refractivity contribution is 0.0950. The molecule has 3 aromatic rings. The van der Waals surface area contributed by atoms with Crippen LogP contribution in [0.25, 0.3) is 6.08 Å². The van der Waals surface area contributed by atoms with Crippen molar-refractivity contribution in [1.82, 2.24) is 25.7 Å². The van der Waals surface area contributed by atoms with Crippen molar-refractivity contribution in [1.29, 1.82) is 0 Å². The van der Waals surface area contributed by atoms with Crippen LogP contribution in [0.4, 0.5) is 0 Å². The molecule has 1 aromatic carbocycles. The molecule has 1 amide bonds. The van der Waals surface area contributed by atoms with Gasteiger partial charge in [-0.15, -0.1) is 10.2 Å². The second kappa shape index (κ2) is 9.69. The quantitative estimate of drug-likeness (QED) is 0.473. The van der Waals surface area contributed by atoms with Crippen LogP contribution in [0.5, 0.6) is 0 Å². The predicted octanol–water partition coefficient (Wildman–Crippen LogP) is 4.22. The number of aromatic nitrogens is 4. The largest absolute Gasteiger partial charge is 0.350 e. The Hall–Kier alpha value is -2.93. The molecule has 0 spiro atoms. The van der Waals surface area contributed by atoms with E-state index in [1.54, 1.807) is 0 Å². The highest BCUT2D eigenvalue weighted by molar-refractivity contribution is 7.13. The molecule has 0 aliphatic heterocycles. The number of allylic oxidation sites excluding steroid dienone is 1. The molecule has 0 radical (unpaired) electrons. The maximum absolute atomic E-state index is 12.1. The van der Waals surface area contributed by atoms with Gasteiger partial charge >= 0.3 is 0 Å². The first kappa shape index (κ1) is 20.9. The third-order valence-corrected chi connectivity index (χ3v) is 6.95. The zero-order valence-corrected chi connectivity index (χ0v) is 18.9. The van der Waals surface area contributed by atoms with Gasteiger partial charge in [-0.25, -0.2) is 0 Å². The fourth-order valence-corrected chi connectivity index (χ4v) is 4.78. The first-order valence-electron chi connectivity index (χ1n) is 11.4. The molecule has 32 heavy (non-hydrogen) atoms. The van der Waals surface area contributed by atoms with E-state index in [2.05, 4.69) is 68.2 Å². The molecule has 1 saturated carbocycles. The van der Waals surface area contributed by atoms with Crippen molar-refractivity contribution in [3.63, 3.8) is 0 Å². The summed E-state index contributed by atoms with van der Waals surface area (Å²) < 4.78 is 0. The third-order valence-electron chi connectivity index (χ3n) is 5.97. The molecule has 0 unspecified atom stereocenters. The van der Waals surface area contributed by atoms with Crippen molar-refractivity contribution in [2.75, 3.05) is 6.54 Å². The second-order valence-corrected chi connectivity index (χ2v) is 9.80. The van der Waals surface area contributed by atoms with Crippen LogP contribution in [0.2, 0.25) is 0 Å². The summed E-state index contributed by atoms with van der Waals surface area (Å²) in [7, 11) is 0. The van der Waals surface area contributed by atoms with Crippen molar-refractivity contribution in [3.05, 3.63) is 74.5 Å². The Labute approximate surface area is 192 Å². The van der Waals surface area contributed by atoms with Gasteiger partial charge in [-0.2, -0.15) is 10.2 Å². The smallest absolute Gasteiger partial charge is 0.282 e. The Morgan fingerprint density at radius 2 is 1.88 bits per heavy atom. The molecule has 6 nitrogen and oxygen atoms in total. The summed E-state index contributed by atoms with van der Waals surface area (Å²) in [5, 5.41) is 21.5. The van der Waals surface area contributed by atoms with Crippen molar-refractivity contribution in [3.8, 4) is 0 Å². The normalized spacial score (nSPS) is 14.8. The number of benzene rings is 1. The van der Waals surface area contributed by atoms with Crippen LogP contribution < -0.4 is 5.32 Å². The molecule has 2 heterocycles. The lowest BCUT2D eigenvalue weighted by Crippen LogP contribution is -2.25. The lowest BCUT2D eigenvalue weighted by Gasteiger charge is -2.03. The van der Waals surface area contributed by atoms with E-state index in [0.29, 0.717) is 10.9 Å². The fourth-order valence-electron chi connectivity index (χ4n) is 3.98. The van der Waals surface area contributed by atoms with Crippen LogP contribution in [0, 0.1) is 5.92 Å². The van der Waals surface area contributed by atoms with Gasteiger partial charge < -0.3 is 5.32 Å². The molecule has 5 rings (SSSR count). The highest BCUT2D eigenvalue weighted by Crippen LogP contribution is 2.28. The second-order valence-electron chi connectivity index (χ2n) is 8.74. The van der Waals surface area contributed by atoms with Crippen molar-refractivity contribution >= 4 is 23.3 Å². The van der Waals surface area contributed by atoms with Gasteiger partial charge in [0.2, 0.25) is 5.01 Å². The molecule has 0 atom stereocenters. The number of carbonyl (C=O) groups excluding carboxylic acids is 1. The number of fused-ring (bicyclic) bond motifs is 1. The zero-order chi connectivity index (χ0) is 21.8. The molecule has 0 saturated heterocycles. The number of nitrogens with one attached hydrogen (secondary N) is 1. The minimum atomic E-state index is -0.0891. The van der Waals surface area contributed by atoms with Gasteiger partial charge in [-0.3, -0.25) is 4.79 Å². The molecule has 7 heteroatoms. The summed E-state index contributed by atoms with van der Waals surface area (Å²) >= 11 is 1.41. The number of carbonyl (C=O) groups is 1. The third kappa shape index (κ3) is 5.46. The van der Waals surface area contributed by atoms with E-state index >= 15 is 0 Å². The van der Waals surface area contributed by atoms with E-state index in [1.807, 2.05) is 0 Å². The van der Waals surface area contributed by atoms with Crippen LogP contribution in [0.15, 0.2) is 42.0 Å². The first-order valence-corrected chi connectivity index (χ1v) is 12.2. The van der Waals surface area contributed by atoms with Crippen molar-refractivity contribution in [2.24, 2.45) is 5.92 Å². The molecule has 2 aliphatic rings. The summed E-state index contributed by atoms with van der Waals surface area (Å²) in [6, 6.07) is 12.7. The summed E-state index contributed by atoms with van der Waals surface area (Å²) in [5.41, 5.74) is 6.07. The molecule has 2 aliphatic carbocycles. The summed E-state index contributed by atoms with van der Waals surface area (Å²) in [5.74, 6) is 0.577. The highest BCUT2D eigenvalue weighted by Gasteiger charge is 2.23. The summed E-state index contributed by atoms with van der Waals surface area (Å²) in [6.45, 7) is 0.762. The topological polar surface area (TPSA) is 80.7 Å². The fraction of sp³-hybridized carbons (Fsp3) is 0.400. The van der Waals surface area contributed by atoms with Gasteiger partial charge in [0.15, 0.2) is 0 Å². The Bertz CT molecular complexity index is 1120. The van der Waals surface area contributed by atoms with Gasteiger partial charge in [0, 0.05) is 19.4 Å². The lowest BCUT2D eigenvalue weighted by atomic mass is 10.0. The summed E-state index contributed by atoms with van der Waals surface area (Å²) in [6.07, 6.45) is 10.3. The van der Waals surface area contributed by atoms with Gasteiger partial charge in [0.1, 0.15) is 5.01 Å². The molecular weight excluding hydrogens is 418 g/mol. The van der Waals surface area contributed by atoms with E-state index < -0.39 is 0 Å². The van der Waals surface area contributed by atoms with Crippen LogP contribution >= 0.6 is 11.3 Å². The van der Waals surface area contributed by atoms with Gasteiger partial charge in [-0.05, 0) is 61.6 Å². The minimum absolute atomic E-state index is 0.0891. The number of unbranched alkanes of at least 4 members (excludes halogenated alkanes) is 1. The molecular formula is C25H27N5OS. The molecule has 1 fully saturated rings. The molecule has 1 N–H and O–H groups in total.